The SMILES string of the molecule is O=C(CC1C=CCC1)NCc1cccc(NC(=O)c2ccc(F)cc2)c1. The number of amides is 2. The van der Waals surface area contributed by atoms with E-state index in [-0.39, 0.29) is 17.6 Å². The minimum Gasteiger partial charge on any atom is -0.352 e. The van der Waals surface area contributed by atoms with Crippen LogP contribution in [0.4, 0.5) is 10.1 Å². The fourth-order valence-electron chi connectivity index (χ4n) is 2.94. The number of allylic oxidation sites excluding steroid dienone is 2. The second-order valence-electron chi connectivity index (χ2n) is 6.41. The molecule has 0 bridgehead atoms. The minimum absolute atomic E-state index is 0.0299. The molecule has 2 aromatic carbocycles. The molecule has 0 heterocycles. The van der Waals surface area contributed by atoms with Crippen LogP contribution in [0.2, 0.25) is 0 Å². The highest BCUT2D eigenvalue weighted by atomic mass is 19.1. The second kappa shape index (κ2) is 8.43. The molecule has 26 heavy (non-hydrogen) atoms. The van der Waals surface area contributed by atoms with Gasteiger partial charge in [-0.1, -0.05) is 24.3 Å². The number of halogens is 1. The Morgan fingerprint density at radius 2 is 1.92 bits per heavy atom. The van der Waals surface area contributed by atoms with Crippen molar-refractivity contribution in [2.45, 2.75) is 25.8 Å². The first-order valence-electron chi connectivity index (χ1n) is 8.69. The van der Waals surface area contributed by atoms with Crippen LogP contribution in [0, 0.1) is 11.7 Å². The van der Waals surface area contributed by atoms with Gasteiger partial charge in [0.05, 0.1) is 0 Å². The molecule has 1 aliphatic carbocycles. The second-order valence-corrected chi connectivity index (χ2v) is 6.41. The van der Waals surface area contributed by atoms with Crippen molar-refractivity contribution in [1.29, 1.82) is 0 Å². The van der Waals surface area contributed by atoms with Crippen molar-refractivity contribution in [1.82, 2.24) is 5.32 Å². The summed E-state index contributed by atoms with van der Waals surface area (Å²) in [4.78, 5) is 24.2. The predicted molar refractivity (Wildman–Crippen MR) is 99.1 cm³/mol. The number of carbonyl (C=O) groups is 2. The van der Waals surface area contributed by atoms with E-state index in [4.69, 9.17) is 0 Å². The van der Waals surface area contributed by atoms with Crippen LogP contribution in [0.15, 0.2) is 60.7 Å². The minimum atomic E-state index is -0.382. The molecule has 3 rings (SSSR count). The molecule has 2 amide bonds. The lowest BCUT2D eigenvalue weighted by Crippen LogP contribution is -2.24. The van der Waals surface area contributed by atoms with E-state index in [9.17, 15) is 14.0 Å². The molecule has 1 unspecified atom stereocenters. The van der Waals surface area contributed by atoms with Crippen molar-refractivity contribution in [2.24, 2.45) is 5.92 Å². The molecule has 1 aliphatic rings. The van der Waals surface area contributed by atoms with Crippen LogP contribution in [0.25, 0.3) is 0 Å². The number of benzene rings is 2. The first-order valence-corrected chi connectivity index (χ1v) is 8.69. The molecule has 2 aromatic rings. The van der Waals surface area contributed by atoms with E-state index in [0.29, 0.717) is 30.1 Å². The summed E-state index contributed by atoms with van der Waals surface area (Å²) < 4.78 is 12.9. The Bertz CT molecular complexity index is 815. The van der Waals surface area contributed by atoms with Crippen LogP contribution < -0.4 is 10.6 Å². The van der Waals surface area contributed by atoms with Gasteiger partial charge in [0.25, 0.3) is 5.91 Å². The third kappa shape index (κ3) is 5.02. The van der Waals surface area contributed by atoms with Gasteiger partial charge in [0.15, 0.2) is 0 Å². The van der Waals surface area contributed by atoms with Gasteiger partial charge in [-0.25, -0.2) is 4.39 Å². The molecule has 0 aromatic heterocycles. The summed E-state index contributed by atoms with van der Waals surface area (Å²) in [6.45, 7) is 0.412. The molecule has 0 fully saturated rings. The smallest absolute Gasteiger partial charge is 0.255 e. The molecule has 0 radical (unpaired) electrons. The average molecular weight is 352 g/mol. The molecule has 2 N–H and O–H groups in total. The summed E-state index contributed by atoms with van der Waals surface area (Å²) >= 11 is 0. The van der Waals surface area contributed by atoms with E-state index >= 15 is 0 Å². The molecular formula is C21H21FN2O2. The van der Waals surface area contributed by atoms with Gasteiger partial charge in [0.2, 0.25) is 5.91 Å². The lowest BCUT2D eigenvalue weighted by Gasteiger charge is -2.10. The van der Waals surface area contributed by atoms with E-state index in [1.807, 2.05) is 18.2 Å². The summed E-state index contributed by atoms with van der Waals surface area (Å²) in [6, 6.07) is 12.7. The van der Waals surface area contributed by atoms with E-state index in [1.54, 1.807) is 6.07 Å². The standard InChI is InChI=1S/C21H21FN2O2/c22-18-10-8-17(9-11-18)21(26)24-19-7-3-6-16(12-19)14-23-20(25)13-15-4-1-2-5-15/h1,3-4,6-12,15H,2,5,13-14H2,(H,23,25)(H,24,26). The van der Waals surface area contributed by atoms with E-state index in [2.05, 4.69) is 22.8 Å². The molecule has 0 saturated heterocycles. The zero-order valence-electron chi connectivity index (χ0n) is 14.4. The largest absolute Gasteiger partial charge is 0.352 e. The van der Waals surface area contributed by atoms with Gasteiger partial charge in [0.1, 0.15) is 5.82 Å². The molecule has 5 heteroatoms. The first kappa shape index (κ1) is 17.9. The maximum absolute atomic E-state index is 12.9. The first-order chi connectivity index (χ1) is 12.6. The molecular weight excluding hydrogens is 331 g/mol. The Labute approximate surface area is 152 Å². The quantitative estimate of drug-likeness (QED) is 0.771. The lowest BCUT2D eigenvalue weighted by atomic mass is 10.0. The van der Waals surface area contributed by atoms with Crippen LogP contribution in [-0.4, -0.2) is 11.8 Å². The number of rotatable bonds is 6. The van der Waals surface area contributed by atoms with Crippen molar-refractivity contribution in [3.05, 3.63) is 77.6 Å². The number of hydrogen-bond donors (Lipinski definition) is 2. The maximum atomic E-state index is 12.9. The third-order valence-corrected chi connectivity index (χ3v) is 4.34. The van der Waals surface area contributed by atoms with Gasteiger partial charge >= 0.3 is 0 Å². The number of anilines is 1. The molecule has 0 spiro atoms. The Kier molecular flexibility index (Phi) is 5.79. The van der Waals surface area contributed by atoms with Gasteiger partial charge in [-0.2, -0.15) is 0 Å². The zero-order valence-corrected chi connectivity index (χ0v) is 14.4. The molecule has 0 saturated carbocycles. The molecule has 1 atom stereocenters. The summed E-state index contributed by atoms with van der Waals surface area (Å²) in [5.41, 5.74) is 1.91. The topological polar surface area (TPSA) is 58.2 Å². The van der Waals surface area contributed by atoms with Crippen molar-refractivity contribution < 1.29 is 14.0 Å². The highest BCUT2D eigenvalue weighted by molar-refractivity contribution is 6.04. The summed E-state index contributed by atoms with van der Waals surface area (Å²) in [5, 5.41) is 5.70. The summed E-state index contributed by atoms with van der Waals surface area (Å²) in [6.07, 6.45) is 6.82. The highest BCUT2D eigenvalue weighted by Gasteiger charge is 2.13. The number of hydrogen-bond acceptors (Lipinski definition) is 2. The van der Waals surface area contributed by atoms with Crippen LogP contribution in [0.3, 0.4) is 0 Å². The fraction of sp³-hybridized carbons (Fsp3) is 0.238. The van der Waals surface area contributed by atoms with E-state index in [1.165, 1.54) is 24.3 Å². The van der Waals surface area contributed by atoms with Crippen LogP contribution in [0.5, 0.6) is 0 Å². The monoisotopic (exact) mass is 352 g/mol. The molecule has 0 aliphatic heterocycles. The zero-order chi connectivity index (χ0) is 18.4. The fourth-order valence-corrected chi connectivity index (χ4v) is 2.94. The Balaban J connectivity index is 1.54. The normalized spacial score (nSPS) is 15.7. The van der Waals surface area contributed by atoms with Crippen molar-refractivity contribution in [3.63, 3.8) is 0 Å². The van der Waals surface area contributed by atoms with Gasteiger partial charge in [0, 0.05) is 24.2 Å². The van der Waals surface area contributed by atoms with Crippen LogP contribution in [0.1, 0.15) is 35.2 Å². The van der Waals surface area contributed by atoms with Crippen molar-refractivity contribution >= 4 is 17.5 Å². The lowest BCUT2D eigenvalue weighted by molar-refractivity contribution is -0.121. The Morgan fingerprint density at radius 3 is 2.65 bits per heavy atom. The summed E-state index contributed by atoms with van der Waals surface area (Å²) in [7, 11) is 0. The van der Waals surface area contributed by atoms with Crippen LogP contribution in [-0.2, 0) is 11.3 Å². The van der Waals surface area contributed by atoms with Gasteiger partial charge in [-0.3, -0.25) is 9.59 Å². The number of nitrogens with one attached hydrogen (secondary N) is 2. The maximum Gasteiger partial charge on any atom is 0.255 e. The van der Waals surface area contributed by atoms with Crippen molar-refractivity contribution in [3.8, 4) is 0 Å². The average Bonchev–Trinajstić information content (AvgIpc) is 3.14. The van der Waals surface area contributed by atoms with E-state index in [0.717, 1.165) is 18.4 Å². The molecule has 134 valence electrons. The van der Waals surface area contributed by atoms with Gasteiger partial charge in [-0.15, -0.1) is 0 Å². The van der Waals surface area contributed by atoms with Crippen LogP contribution >= 0.6 is 0 Å². The van der Waals surface area contributed by atoms with Gasteiger partial charge < -0.3 is 10.6 Å². The Morgan fingerprint density at radius 1 is 1.12 bits per heavy atom. The number of carbonyl (C=O) groups excluding carboxylic acids is 2. The Hall–Kier alpha value is -2.95. The third-order valence-electron chi connectivity index (χ3n) is 4.34. The summed E-state index contributed by atoms with van der Waals surface area (Å²) in [5.74, 6) is -0.315. The highest BCUT2D eigenvalue weighted by Crippen LogP contribution is 2.20. The molecule has 4 nitrogen and oxygen atoms in total. The predicted octanol–water partition coefficient (Wildman–Crippen LogP) is 4.05. The van der Waals surface area contributed by atoms with E-state index < -0.39 is 0 Å². The van der Waals surface area contributed by atoms with Crippen molar-refractivity contribution in [2.75, 3.05) is 5.32 Å². The van der Waals surface area contributed by atoms with Gasteiger partial charge in [-0.05, 0) is 60.7 Å².